The molecule has 0 radical (unpaired) electrons. The molecule has 1 heterocycles. The molecular formula is C23H27N3O6. The molecule has 1 aliphatic rings. The maximum absolute atomic E-state index is 13.4. The van der Waals surface area contributed by atoms with Gasteiger partial charge in [-0.2, -0.15) is 0 Å². The zero-order chi connectivity index (χ0) is 23.3. The highest BCUT2D eigenvalue weighted by molar-refractivity contribution is 6.06. The van der Waals surface area contributed by atoms with Crippen LogP contribution in [0.3, 0.4) is 0 Å². The molecule has 9 heteroatoms. The summed E-state index contributed by atoms with van der Waals surface area (Å²) in [6, 6.07) is 10.3. The van der Waals surface area contributed by atoms with Gasteiger partial charge in [-0.1, -0.05) is 18.2 Å². The average Bonchev–Trinajstić information content (AvgIpc) is 3.11. The maximum atomic E-state index is 13.4. The van der Waals surface area contributed by atoms with E-state index in [2.05, 4.69) is 5.32 Å². The first-order valence-electron chi connectivity index (χ1n) is 10.3. The predicted molar refractivity (Wildman–Crippen MR) is 117 cm³/mol. The zero-order valence-electron chi connectivity index (χ0n) is 18.3. The summed E-state index contributed by atoms with van der Waals surface area (Å²) in [6.45, 7) is 4.05. The van der Waals surface area contributed by atoms with Crippen molar-refractivity contribution in [1.29, 1.82) is 0 Å². The summed E-state index contributed by atoms with van der Waals surface area (Å²) in [7, 11) is 1.55. The molecule has 0 aliphatic carbocycles. The number of carbonyl (C=O) groups is 3. The molecule has 3 amide bonds. The number of benzene rings is 2. The van der Waals surface area contributed by atoms with Crippen molar-refractivity contribution in [2.45, 2.75) is 32.9 Å². The number of hydroxylamine groups is 2. The molecule has 170 valence electrons. The molecule has 2 aromatic carbocycles. The van der Waals surface area contributed by atoms with Crippen LogP contribution in [0, 0.1) is 0 Å². The molecule has 2 N–H and O–H groups in total. The number of amides is 3. The van der Waals surface area contributed by atoms with E-state index < -0.39 is 6.04 Å². The van der Waals surface area contributed by atoms with Crippen LogP contribution in [0.25, 0.3) is 0 Å². The summed E-state index contributed by atoms with van der Waals surface area (Å²) < 4.78 is 11.0. The number of rotatable bonds is 10. The van der Waals surface area contributed by atoms with Crippen LogP contribution in [0.4, 0.5) is 5.69 Å². The van der Waals surface area contributed by atoms with Gasteiger partial charge in [0.05, 0.1) is 37.6 Å². The van der Waals surface area contributed by atoms with Crippen molar-refractivity contribution in [3.8, 4) is 11.5 Å². The van der Waals surface area contributed by atoms with Crippen molar-refractivity contribution in [1.82, 2.24) is 9.96 Å². The molecule has 0 saturated carbocycles. The van der Waals surface area contributed by atoms with E-state index in [0.29, 0.717) is 53.8 Å². The molecule has 0 saturated heterocycles. The van der Waals surface area contributed by atoms with Crippen LogP contribution in [0.2, 0.25) is 0 Å². The molecule has 1 atom stereocenters. The van der Waals surface area contributed by atoms with Crippen molar-refractivity contribution < 1.29 is 29.1 Å². The summed E-state index contributed by atoms with van der Waals surface area (Å²) in [5.41, 5.74) is 2.47. The van der Waals surface area contributed by atoms with Crippen molar-refractivity contribution in [3.05, 3.63) is 53.1 Å². The maximum Gasteiger partial charge on any atom is 0.257 e. The number of anilines is 1. The van der Waals surface area contributed by atoms with Gasteiger partial charge in [0.2, 0.25) is 12.3 Å². The number of nitrogens with zero attached hydrogens (tertiary/aromatic N) is 2. The van der Waals surface area contributed by atoms with E-state index in [0.717, 1.165) is 11.1 Å². The molecule has 1 aliphatic heterocycles. The number of hydrogen-bond acceptors (Lipinski definition) is 6. The highest BCUT2D eigenvalue weighted by atomic mass is 16.5. The summed E-state index contributed by atoms with van der Waals surface area (Å²) in [5, 5.41) is 12.9. The summed E-state index contributed by atoms with van der Waals surface area (Å²) in [6.07, 6.45) is 0.620. The topological polar surface area (TPSA) is 108 Å². The second kappa shape index (κ2) is 10.1. The van der Waals surface area contributed by atoms with Gasteiger partial charge < -0.3 is 19.7 Å². The third kappa shape index (κ3) is 4.83. The predicted octanol–water partition coefficient (Wildman–Crippen LogP) is 2.99. The summed E-state index contributed by atoms with van der Waals surface area (Å²) in [5.74, 6) is 0.602. The van der Waals surface area contributed by atoms with Gasteiger partial charge in [0, 0.05) is 13.5 Å². The number of methoxy groups -OCH3 is 1. The highest BCUT2D eigenvalue weighted by Crippen LogP contribution is 2.39. The fraction of sp³-hybridized carbons (Fsp3) is 0.348. The second-order valence-corrected chi connectivity index (χ2v) is 7.37. The Morgan fingerprint density at radius 1 is 1.31 bits per heavy atom. The molecule has 3 rings (SSSR count). The minimum Gasteiger partial charge on any atom is -0.493 e. The molecule has 0 bridgehead atoms. The highest BCUT2D eigenvalue weighted by Gasteiger charge is 2.36. The first kappa shape index (κ1) is 23.1. The molecule has 0 aromatic heterocycles. The minimum absolute atomic E-state index is 0.0306. The molecular weight excluding hydrogens is 414 g/mol. The third-order valence-electron chi connectivity index (χ3n) is 5.28. The van der Waals surface area contributed by atoms with E-state index in [1.165, 1.54) is 6.92 Å². The second-order valence-electron chi connectivity index (χ2n) is 7.37. The van der Waals surface area contributed by atoms with Gasteiger partial charge in [-0.25, -0.2) is 5.06 Å². The van der Waals surface area contributed by atoms with Gasteiger partial charge >= 0.3 is 0 Å². The number of hydrogen-bond donors (Lipinski definition) is 2. The Morgan fingerprint density at radius 2 is 2.09 bits per heavy atom. The van der Waals surface area contributed by atoms with Gasteiger partial charge in [-0.05, 0) is 42.7 Å². The molecule has 9 nitrogen and oxygen atoms in total. The fourth-order valence-corrected chi connectivity index (χ4v) is 3.91. The Labute approximate surface area is 186 Å². The number of nitrogens with one attached hydrogen (secondary N) is 1. The van der Waals surface area contributed by atoms with E-state index >= 15 is 0 Å². The van der Waals surface area contributed by atoms with E-state index in [4.69, 9.17) is 9.47 Å². The van der Waals surface area contributed by atoms with E-state index in [1.807, 2.05) is 19.1 Å². The van der Waals surface area contributed by atoms with E-state index in [9.17, 15) is 19.6 Å². The Morgan fingerprint density at radius 3 is 2.75 bits per heavy atom. The van der Waals surface area contributed by atoms with Crippen LogP contribution in [0.5, 0.6) is 11.5 Å². The van der Waals surface area contributed by atoms with Crippen molar-refractivity contribution >= 4 is 23.9 Å². The Bertz CT molecular complexity index is 1010. The van der Waals surface area contributed by atoms with E-state index in [-0.39, 0.29) is 18.4 Å². The van der Waals surface area contributed by atoms with E-state index in [1.54, 1.807) is 36.3 Å². The monoisotopic (exact) mass is 441 g/mol. The van der Waals surface area contributed by atoms with Crippen LogP contribution < -0.4 is 14.8 Å². The Balaban J connectivity index is 2.00. The summed E-state index contributed by atoms with van der Waals surface area (Å²) >= 11 is 0. The van der Waals surface area contributed by atoms with Crippen LogP contribution in [-0.2, 0) is 16.1 Å². The van der Waals surface area contributed by atoms with Gasteiger partial charge in [-0.3, -0.25) is 19.6 Å². The third-order valence-corrected chi connectivity index (χ3v) is 5.28. The number of fused-ring (bicyclic) bond motifs is 1. The molecule has 2 aromatic rings. The van der Waals surface area contributed by atoms with Gasteiger partial charge in [0.1, 0.15) is 0 Å². The normalized spacial score (nSPS) is 13.4. The fourth-order valence-electron chi connectivity index (χ4n) is 3.91. The smallest absolute Gasteiger partial charge is 0.257 e. The number of ether oxygens (including phenoxy) is 2. The lowest BCUT2D eigenvalue weighted by Gasteiger charge is -2.29. The molecule has 0 unspecified atom stereocenters. The van der Waals surface area contributed by atoms with Crippen molar-refractivity contribution in [3.63, 3.8) is 0 Å². The first-order valence-corrected chi connectivity index (χ1v) is 10.3. The molecule has 0 spiro atoms. The minimum atomic E-state index is -0.459. The Kier molecular flexibility index (Phi) is 7.32. The van der Waals surface area contributed by atoms with Crippen LogP contribution in [0.15, 0.2) is 36.4 Å². The van der Waals surface area contributed by atoms with Crippen LogP contribution >= 0.6 is 0 Å². The average molecular weight is 441 g/mol. The zero-order valence-corrected chi connectivity index (χ0v) is 18.3. The van der Waals surface area contributed by atoms with Crippen molar-refractivity contribution in [2.75, 3.05) is 25.6 Å². The molecule has 32 heavy (non-hydrogen) atoms. The number of carbonyl (C=O) groups excluding carboxylic acids is 3. The SMILES string of the molecule is CCOc1cc([C@H](CCN(O)C=O)N2Cc3cccc(NC(C)=O)c3C2=O)ccc1OC. The van der Waals surface area contributed by atoms with Gasteiger partial charge in [-0.15, -0.1) is 0 Å². The standard InChI is InChI=1S/C23H27N3O6/c1-4-32-21-12-16(8-9-20(21)31-3)19(10-11-25(30)14-27)26-13-17-6-5-7-18(24-15(2)28)22(17)23(26)29/h5-9,12,14,19,30H,4,10-11,13H2,1-3H3,(H,24,28)/t19-/m0/s1. The van der Waals surface area contributed by atoms with Crippen LogP contribution in [0.1, 0.15) is 47.8 Å². The quantitative estimate of drug-likeness (QED) is 0.333. The van der Waals surface area contributed by atoms with Gasteiger partial charge in [0.25, 0.3) is 5.91 Å². The lowest BCUT2D eigenvalue weighted by molar-refractivity contribution is -0.150. The Hall–Kier alpha value is -3.59. The molecule has 0 fully saturated rings. The summed E-state index contributed by atoms with van der Waals surface area (Å²) in [4.78, 5) is 37.6. The van der Waals surface area contributed by atoms with Gasteiger partial charge in [0.15, 0.2) is 11.5 Å². The van der Waals surface area contributed by atoms with Crippen LogP contribution in [-0.4, -0.2) is 53.7 Å². The lowest BCUT2D eigenvalue weighted by atomic mass is 10.0. The lowest BCUT2D eigenvalue weighted by Crippen LogP contribution is -2.32. The first-order chi connectivity index (χ1) is 15.4. The van der Waals surface area contributed by atoms with Crippen molar-refractivity contribution in [2.24, 2.45) is 0 Å². The largest absolute Gasteiger partial charge is 0.493 e.